The van der Waals surface area contributed by atoms with Gasteiger partial charge in [-0.15, -0.1) is 15.3 Å². The van der Waals surface area contributed by atoms with Crippen molar-refractivity contribution in [2.75, 3.05) is 36.0 Å². The Morgan fingerprint density at radius 2 is 1.53 bits per heavy atom. The van der Waals surface area contributed by atoms with Crippen LogP contribution in [-0.4, -0.2) is 60.8 Å². The summed E-state index contributed by atoms with van der Waals surface area (Å²) in [4.78, 5) is 8.72. The van der Waals surface area contributed by atoms with Crippen LogP contribution in [-0.2, 0) is 6.18 Å². The van der Waals surface area contributed by atoms with E-state index in [-0.39, 0.29) is 5.65 Å². The van der Waals surface area contributed by atoms with Gasteiger partial charge in [-0.25, -0.2) is 9.67 Å². The molecule has 12 heteroatoms. The molecule has 5 rings (SSSR count). The molecular weight excluding hydrogens is 399 g/mol. The first kappa shape index (κ1) is 18.3. The minimum atomic E-state index is -4.62. The summed E-state index contributed by atoms with van der Waals surface area (Å²) in [6.45, 7) is 2.50. The zero-order chi connectivity index (χ0) is 20.7. The second-order valence-corrected chi connectivity index (χ2v) is 6.76. The smallest absolute Gasteiger partial charge is 0.353 e. The molecule has 0 aliphatic carbocycles. The zero-order valence-electron chi connectivity index (χ0n) is 15.6. The Balaban J connectivity index is 1.33. The van der Waals surface area contributed by atoms with E-state index >= 15 is 0 Å². The van der Waals surface area contributed by atoms with Crippen molar-refractivity contribution in [2.45, 2.75) is 6.18 Å². The number of nitrogens with zero attached hydrogens (tertiary/aromatic N) is 9. The van der Waals surface area contributed by atoms with Gasteiger partial charge in [-0.1, -0.05) is 6.07 Å². The molecule has 0 spiro atoms. The van der Waals surface area contributed by atoms with E-state index in [0.29, 0.717) is 32.0 Å². The van der Waals surface area contributed by atoms with Gasteiger partial charge in [-0.3, -0.25) is 0 Å². The van der Waals surface area contributed by atoms with Gasteiger partial charge < -0.3 is 9.80 Å². The molecule has 0 aromatic carbocycles. The minimum Gasteiger partial charge on any atom is -0.353 e. The molecule has 1 saturated heterocycles. The topological polar surface area (TPSA) is 80.3 Å². The molecular formula is C18H16F3N9. The van der Waals surface area contributed by atoms with Crippen molar-refractivity contribution in [3.05, 3.63) is 54.6 Å². The number of rotatable bonds is 3. The molecule has 0 amide bonds. The van der Waals surface area contributed by atoms with Gasteiger partial charge in [0.25, 0.3) is 5.82 Å². The number of anilines is 2. The van der Waals surface area contributed by atoms with Gasteiger partial charge in [0.15, 0.2) is 11.5 Å². The van der Waals surface area contributed by atoms with Crippen LogP contribution in [0.15, 0.2) is 48.8 Å². The highest BCUT2D eigenvalue weighted by molar-refractivity contribution is 5.49. The lowest BCUT2D eigenvalue weighted by molar-refractivity contribution is -0.146. The van der Waals surface area contributed by atoms with E-state index in [9.17, 15) is 13.2 Å². The van der Waals surface area contributed by atoms with E-state index in [0.717, 1.165) is 16.2 Å². The maximum Gasteiger partial charge on any atom is 0.453 e. The van der Waals surface area contributed by atoms with E-state index in [4.69, 9.17) is 0 Å². The van der Waals surface area contributed by atoms with Gasteiger partial charge in [0.2, 0.25) is 0 Å². The van der Waals surface area contributed by atoms with Gasteiger partial charge in [0.05, 0.1) is 0 Å². The normalized spacial score (nSPS) is 15.2. The second-order valence-electron chi connectivity index (χ2n) is 6.76. The molecule has 0 atom stereocenters. The molecule has 154 valence electrons. The molecule has 9 nitrogen and oxygen atoms in total. The maximum atomic E-state index is 13.1. The predicted molar refractivity (Wildman–Crippen MR) is 102 cm³/mol. The summed E-state index contributed by atoms with van der Waals surface area (Å²) < 4.78 is 41.7. The first-order valence-electron chi connectivity index (χ1n) is 9.26. The van der Waals surface area contributed by atoms with Crippen LogP contribution in [0.25, 0.3) is 11.5 Å². The highest BCUT2D eigenvalue weighted by Gasteiger charge is 2.37. The maximum absolute atomic E-state index is 13.1. The molecule has 0 N–H and O–H groups in total. The molecule has 0 unspecified atom stereocenters. The Hall–Kier alpha value is -3.70. The standard InChI is InChI=1S/C18H16F3N9/c19-18(20,21)17-25-24-15-5-6-16(26-30(15)17)28-11-9-27(10-12-28)13-3-1-4-14(23-13)29-8-2-7-22-29/h1-8H,9-12H2. The summed E-state index contributed by atoms with van der Waals surface area (Å²) in [6, 6.07) is 10.7. The van der Waals surface area contributed by atoms with Crippen LogP contribution in [0.2, 0.25) is 0 Å². The summed E-state index contributed by atoms with van der Waals surface area (Å²) in [6.07, 6.45) is -1.10. The monoisotopic (exact) mass is 415 g/mol. The zero-order valence-corrected chi connectivity index (χ0v) is 15.6. The number of alkyl halides is 3. The first-order chi connectivity index (χ1) is 14.5. The predicted octanol–water partition coefficient (Wildman–Crippen LogP) is 2.05. The number of pyridine rings is 1. The molecule has 1 fully saturated rings. The summed E-state index contributed by atoms with van der Waals surface area (Å²) in [5, 5.41) is 15.1. The average Bonchev–Trinajstić information content (AvgIpc) is 3.43. The van der Waals surface area contributed by atoms with Crippen LogP contribution >= 0.6 is 0 Å². The fourth-order valence-corrected chi connectivity index (χ4v) is 3.41. The third-order valence-electron chi connectivity index (χ3n) is 4.89. The van der Waals surface area contributed by atoms with Crippen LogP contribution in [0, 0.1) is 0 Å². The minimum absolute atomic E-state index is 0.0596. The Bertz CT molecular complexity index is 1160. The van der Waals surface area contributed by atoms with Crippen LogP contribution in [0.4, 0.5) is 24.8 Å². The first-order valence-corrected chi connectivity index (χ1v) is 9.26. The van der Waals surface area contributed by atoms with Crippen molar-refractivity contribution >= 4 is 17.3 Å². The van der Waals surface area contributed by atoms with Crippen molar-refractivity contribution in [3.8, 4) is 5.82 Å². The van der Waals surface area contributed by atoms with Crippen LogP contribution in [0.3, 0.4) is 0 Å². The van der Waals surface area contributed by atoms with Crippen molar-refractivity contribution in [3.63, 3.8) is 0 Å². The molecule has 0 bridgehead atoms. The van der Waals surface area contributed by atoms with Crippen molar-refractivity contribution in [1.29, 1.82) is 0 Å². The number of hydrogen-bond acceptors (Lipinski definition) is 7. The van der Waals surface area contributed by atoms with E-state index in [1.165, 1.54) is 6.07 Å². The van der Waals surface area contributed by atoms with Gasteiger partial charge in [0, 0.05) is 38.6 Å². The fraction of sp³-hybridized carbons (Fsp3) is 0.278. The van der Waals surface area contributed by atoms with E-state index < -0.39 is 12.0 Å². The third kappa shape index (κ3) is 3.29. The Kier molecular flexibility index (Phi) is 4.26. The average molecular weight is 415 g/mol. The molecule has 4 aromatic heterocycles. The number of halogens is 3. The summed E-state index contributed by atoms with van der Waals surface area (Å²) in [5.41, 5.74) is 0.0596. The molecule has 5 heterocycles. The molecule has 4 aromatic rings. The molecule has 1 aliphatic rings. The third-order valence-corrected chi connectivity index (χ3v) is 4.89. The van der Waals surface area contributed by atoms with Crippen LogP contribution in [0.5, 0.6) is 0 Å². The van der Waals surface area contributed by atoms with E-state index in [1.54, 1.807) is 16.9 Å². The summed E-state index contributed by atoms with van der Waals surface area (Å²) in [7, 11) is 0. The van der Waals surface area contributed by atoms with Crippen LogP contribution in [0.1, 0.15) is 5.82 Å². The number of fused-ring (bicyclic) bond motifs is 1. The lowest BCUT2D eigenvalue weighted by atomic mass is 10.3. The number of aromatic nitrogens is 7. The van der Waals surface area contributed by atoms with Crippen LogP contribution < -0.4 is 9.80 Å². The lowest BCUT2D eigenvalue weighted by Gasteiger charge is -2.36. The van der Waals surface area contributed by atoms with Gasteiger partial charge in [-0.05, 0) is 30.3 Å². The van der Waals surface area contributed by atoms with Crippen molar-refractivity contribution in [1.82, 2.24) is 34.6 Å². The quantitative estimate of drug-likeness (QED) is 0.507. The highest BCUT2D eigenvalue weighted by atomic mass is 19.4. The number of piperazine rings is 1. The fourth-order valence-electron chi connectivity index (χ4n) is 3.41. The molecule has 0 saturated carbocycles. The molecule has 0 radical (unpaired) electrons. The summed E-state index contributed by atoms with van der Waals surface area (Å²) >= 11 is 0. The summed E-state index contributed by atoms with van der Waals surface area (Å²) in [5.74, 6) is 0.867. The van der Waals surface area contributed by atoms with Crippen molar-refractivity contribution in [2.24, 2.45) is 0 Å². The van der Waals surface area contributed by atoms with Gasteiger partial charge >= 0.3 is 6.18 Å². The van der Waals surface area contributed by atoms with Crippen molar-refractivity contribution < 1.29 is 13.2 Å². The van der Waals surface area contributed by atoms with E-state index in [2.05, 4.69) is 30.3 Å². The lowest BCUT2D eigenvalue weighted by Crippen LogP contribution is -2.47. The molecule has 1 aliphatic heterocycles. The Labute approximate surface area is 168 Å². The number of hydrogen-bond donors (Lipinski definition) is 0. The Morgan fingerprint density at radius 3 is 2.23 bits per heavy atom. The van der Waals surface area contributed by atoms with Gasteiger partial charge in [-0.2, -0.15) is 22.8 Å². The highest BCUT2D eigenvalue weighted by Crippen LogP contribution is 2.28. The largest absolute Gasteiger partial charge is 0.453 e. The SMILES string of the molecule is FC(F)(F)c1nnc2ccc(N3CCN(c4cccc(-n5cccn5)n4)CC3)nn12. The Morgan fingerprint density at radius 1 is 0.800 bits per heavy atom. The second kappa shape index (κ2) is 6.97. The van der Waals surface area contributed by atoms with E-state index in [1.807, 2.05) is 35.4 Å². The van der Waals surface area contributed by atoms with Gasteiger partial charge in [0.1, 0.15) is 11.6 Å². The molecule has 30 heavy (non-hydrogen) atoms.